The zero-order valence-corrected chi connectivity index (χ0v) is 12.4. The van der Waals surface area contributed by atoms with E-state index in [1.807, 2.05) is 0 Å². The maximum absolute atomic E-state index is 8.87. The van der Waals surface area contributed by atoms with Gasteiger partial charge in [-0.2, -0.15) is 0 Å². The Morgan fingerprint density at radius 2 is 2.33 bits per heavy atom. The summed E-state index contributed by atoms with van der Waals surface area (Å²) in [6.07, 6.45) is 2.41. The van der Waals surface area contributed by atoms with Crippen LogP contribution in [-0.4, -0.2) is 37.4 Å². The van der Waals surface area contributed by atoms with Crippen molar-refractivity contribution in [3.63, 3.8) is 0 Å². The summed E-state index contributed by atoms with van der Waals surface area (Å²) in [6, 6.07) is 7.02. The molecule has 1 saturated heterocycles. The summed E-state index contributed by atoms with van der Waals surface area (Å²) in [4.78, 5) is 2.43. The van der Waals surface area contributed by atoms with Crippen molar-refractivity contribution in [2.45, 2.75) is 25.8 Å². The Morgan fingerprint density at radius 3 is 3.06 bits per heavy atom. The molecule has 2 N–H and O–H groups in total. The molecule has 0 aromatic heterocycles. The Labute approximate surface area is 117 Å². The lowest BCUT2D eigenvalue weighted by molar-refractivity contribution is 0.278. The lowest BCUT2D eigenvalue weighted by atomic mass is 10.0. The van der Waals surface area contributed by atoms with Crippen molar-refractivity contribution in [2.75, 3.05) is 31.1 Å². The van der Waals surface area contributed by atoms with E-state index in [9.17, 15) is 0 Å². The molecule has 1 fully saturated rings. The highest BCUT2D eigenvalue weighted by Crippen LogP contribution is 2.25. The number of aliphatic hydroxyl groups excluding tert-OH is 1. The van der Waals surface area contributed by atoms with Crippen LogP contribution in [0.5, 0.6) is 0 Å². The summed E-state index contributed by atoms with van der Waals surface area (Å²) in [5.74, 6) is 0. The molecule has 0 radical (unpaired) electrons. The van der Waals surface area contributed by atoms with Crippen LogP contribution in [0.4, 0.5) is 5.69 Å². The summed E-state index contributed by atoms with van der Waals surface area (Å²) < 4.78 is 1.17. The van der Waals surface area contributed by atoms with Crippen LogP contribution in [-0.2, 0) is 0 Å². The topological polar surface area (TPSA) is 35.5 Å². The van der Waals surface area contributed by atoms with Crippen molar-refractivity contribution in [3.05, 3.63) is 28.2 Å². The van der Waals surface area contributed by atoms with Gasteiger partial charge in [0.2, 0.25) is 0 Å². The predicted octanol–water partition coefficient (Wildman–Crippen LogP) is 2.31. The number of nitrogens with zero attached hydrogens (tertiary/aromatic N) is 1. The summed E-state index contributed by atoms with van der Waals surface area (Å²) >= 11 is 3.54. The van der Waals surface area contributed by atoms with Crippen molar-refractivity contribution in [3.8, 4) is 0 Å². The van der Waals surface area contributed by atoms with Gasteiger partial charge < -0.3 is 15.3 Å². The van der Waals surface area contributed by atoms with Gasteiger partial charge in [0, 0.05) is 35.8 Å². The number of hydrogen-bond donors (Lipinski definition) is 2. The van der Waals surface area contributed by atoms with Gasteiger partial charge in [0.25, 0.3) is 0 Å². The molecule has 1 unspecified atom stereocenters. The number of piperidine rings is 1. The van der Waals surface area contributed by atoms with Gasteiger partial charge in [0.1, 0.15) is 0 Å². The molecule has 1 aliphatic rings. The molecule has 0 bridgehead atoms. The second kappa shape index (κ2) is 6.55. The number of halogens is 1. The third-order valence-electron chi connectivity index (χ3n) is 3.47. The Balaban J connectivity index is 2.01. The fourth-order valence-corrected chi connectivity index (χ4v) is 2.72. The maximum Gasteiger partial charge on any atom is 0.0556 e. The van der Waals surface area contributed by atoms with E-state index in [-0.39, 0.29) is 6.61 Å². The number of anilines is 1. The van der Waals surface area contributed by atoms with Gasteiger partial charge in [-0.1, -0.05) is 15.9 Å². The molecule has 0 aliphatic carbocycles. The molecule has 1 aromatic rings. The van der Waals surface area contributed by atoms with Crippen LogP contribution < -0.4 is 10.2 Å². The van der Waals surface area contributed by atoms with E-state index in [2.05, 4.69) is 51.3 Å². The molecule has 4 heteroatoms. The van der Waals surface area contributed by atoms with Crippen LogP contribution in [0.1, 0.15) is 18.4 Å². The van der Waals surface area contributed by atoms with Crippen molar-refractivity contribution in [1.82, 2.24) is 5.32 Å². The molecule has 1 aliphatic heterocycles. The first-order valence-corrected chi connectivity index (χ1v) is 7.35. The third kappa shape index (κ3) is 3.46. The van der Waals surface area contributed by atoms with E-state index in [0.717, 1.165) is 13.1 Å². The summed E-state index contributed by atoms with van der Waals surface area (Å²) in [5.41, 5.74) is 2.57. The Kier molecular flexibility index (Phi) is 5.03. The van der Waals surface area contributed by atoms with Gasteiger partial charge in [0.15, 0.2) is 0 Å². The minimum absolute atomic E-state index is 0.216. The average molecular weight is 313 g/mol. The molecule has 3 nitrogen and oxygen atoms in total. The molecule has 2 rings (SSSR count). The van der Waals surface area contributed by atoms with Crippen molar-refractivity contribution in [1.29, 1.82) is 0 Å². The highest BCUT2D eigenvalue weighted by atomic mass is 79.9. The average Bonchev–Trinajstić information content (AvgIpc) is 2.40. The monoisotopic (exact) mass is 312 g/mol. The number of rotatable bonds is 4. The largest absolute Gasteiger partial charge is 0.395 e. The molecule has 1 heterocycles. The van der Waals surface area contributed by atoms with Gasteiger partial charge in [-0.15, -0.1) is 0 Å². The summed E-state index contributed by atoms with van der Waals surface area (Å²) in [7, 11) is 0. The zero-order chi connectivity index (χ0) is 13.0. The van der Waals surface area contributed by atoms with E-state index in [0.29, 0.717) is 12.6 Å². The molecule has 100 valence electrons. The third-order valence-corrected chi connectivity index (χ3v) is 4.36. The van der Waals surface area contributed by atoms with E-state index < -0.39 is 0 Å². The van der Waals surface area contributed by atoms with Gasteiger partial charge >= 0.3 is 0 Å². The van der Waals surface area contributed by atoms with Crippen molar-refractivity contribution >= 4 is 21.6 Å². The first kappa shape index (κ1) is 13.8. The van der Waals surface area contributed by atoms with Crippen molar-refractivity contribution in [2.24, 2.45) is 0 Å². The molecule has 0 amide bonds. The minimum atomic E-state index is 0.216. The van der Waals surface area contributed by atoms with Crippen LogP contribution in [0.15, 0.2) is 22.7 Å². The quantitative estimate of drug-likeness (QED) is 0.895. The molecular weight excluding hydrogens is 292 g/mol. The molecule has 0 saturated carbocycles. The second-order valence-electron chi connectivity index (χ2n) is 4.90. The molecule has 18 heavy (non-hydrogen) atoms. The van der Waals surface area contributed by atoms with Gasteiger partial charge in [0.05, 0.1) is 6.61 Å². The predicted molar refractivity (Wildman–Crippen MR) is 79.2 cm³/mol. The number of hydrogen-bond acceptors (Lipinski definition) is 3. The van der Waals surface area contributed by atoms with E-state index >= 15 is 0 Å². The normalized spacial score (nSPS) is 20.2. The fourth-order valence-electron chi connectivity index (χ4n) is 2.47. The highest BCUT2D eigenvalue weighted by molar-refractivity contribution is 9.10. The molecule has 0 spiro atoms. The van der Waals surface area contributed by atoms with Crippen LogP contribution in [0, 0.1) is 6.92 Å². The van der Waals surface area contributed by atoms with Crippen LogP contribution in [0.25, 0.3) is 0 Å². The van der Waals surface area contributed by atoms with Crippen LogP contribution in [0.2, 0.25) is 0 Å². The molecular formula is C14H21BrN2O. The number of aliphatic hydroxyl groups is 1. The van der Waals surface area contributed by atoms with Gasteiger partial charge in [-0.25, -0.2) is 0 Å². The lowest BCUT2D eigenvalue weighted by Crippen LogP contribution is -2.46. The van der Waals surface area contributed by atoms with Crippen LogP contribution in [0.3, 0.4) is 0 Å². The van der Waals surface area contributed by atoms with E-state index in [1.54, 1.807) is 0 Å². The Bertz CT molecular complexity index is 397. The second-order valence-corrected chi connectivity index (χ2v) is 5.75. The van der Waals surface area contributed by atoms with E-state index in [1.165, 1.54) is 28.6 Å². The first-order chi connectivity index (χ1) is 8.70. The number of nitrogens with one attached hydrogen (secondary N) is 1. The lowest BCUT2D eigenvalue weighted by Gasteiger charge is -2.35. The minimum Gasteiger partial charge on any atom is -0.395 e. The fraction of sp³-hybridized carbons (Fsp3) is 0.571. The Morgan fingerprint density at radius 1 is 1.50 bits per heavy atom. The van der Waals surface area contributed by atoms with Crippen LogP contribution >= 0.6 is 15.9 Å². The zero-order valence-electron chi connectivity index (χ0n) is 10.8. The molecule has 1 atom stereocenters. The first-order valence-electron chi connectivity index (χ1n) is 6.56. The van der Waals surface area contributed by atoms with Gasteiger partial charge in [-0.05, 0) is 43.5 Å². The summed E-state index contributed by atoms with van der Waals surface area (Å²) in [5, 5.41) is 12.3. The summed E-state index contributed by atoms with van der Waals surface area (Å²) in [6.45, 7) is 5.18. The number of aryl methyl sites for hydroxylation is 1. The van der Waals surface area contributed by atoms with Crippen molar-refractivity contribution < 1.29 is 5.11 Å². The number of benzene rings is 1. The maximum atomic E-state index is 8.87. The Hall–Kier alpha value is -0.580. The smallest absolute Gasteiger partial charge is 0.0556 e. The van der Waals surface area contributed by atoms with Gasteiger partial charge in [-0.3, -0.25) is 0 Å². The highest BCUT2D eigenvalue weighted by Gasteiger charge is 2.19. The standard InChI is InChI=1S/C14H21BrN2O/c1-11-9-13(4-5-14(11)15)17-7-2-3-12(10-17)16-6-8-18/h4-5,9,12,16,18H,2-3,6-8,10H2,1H3. The molecule has 1 aromatic carbocycles. The SMILES string of the molecule is Cc1cc(N2CCCC(NCCO)C2)ccc1Br. The van der Waals surface area contributed by atoms with E-state index in [4.69, 9.17) is 5.11 Å².